The zero-order valence-electron chi connectivity index (χ0n) is 10.9. The molecule has 1 saturated heterocycles. The molecule has 1 aromatic rings. The Morgan fingerprint density at radius 1 is 1.44 bits per heavy atom. The van der Waals surface area contributed by atoms with Crippen molar-refractivity contribution in [2.75, 3.05) is 18.0 Å². The molecule has 0 amide bonds. The Kier molecular flexibility index (Phi) is 3.99. The SMILES string of the molecule is C[C@H](O)c1ccc(N2CCCC(C)(O)C2)cc1Br. The van der Waals surface area contributed by atoms with Gasteiger partial charge in [0.05, 0.1) is 11.7 Å². The third-order valence-electron chi connectivity index (χ3n) is 3.47. The second-order valence-corrected chi connectivity index (χ2v) is 6.26. The average molecular weight is 314 g/mol. The molecule has 0 spiro atoms. The van der Waals surface area contributed by atoms with E-state index in [0.29, 0.717) is 6.54 Å². The summed E-state index contributed by atoms with van der Waals surface area (Å²) in [4.78, 5) is 2.19. The molecule has 1 fully saturated rings. The van der Waals surface area contributed by atoms with Crippen LogP contribution in [-0.4, -0.2) is 28.9 Å². The second-order valence-electron chi connectivity index (χ2n) is 5.40. The maximum atomic E-state index is 10.1. The molecule has 1 aromatic carbocycles. The molecule has 1 heterocycles. The monoisotopic (exact) mass is 313 g/mol. The van der Waals surface area contributed by atoms with Crippen LogP contribution < -0.4 is 4.90 Å². The molecule has 1 unspecified atom stereocenters. The summed E-state index contributed by atoms with van der Waals surface area (Å²) in [7, 11) is 0. The van der Waals surface area contributed by atoms with Gasteiger partial charge in [-0.1, -0.05) is 22.0 Å². The summed E-state index contributed by atoms with van der Waals surface area (Å²) in [5, 5.41) is 19.7. The van der Waals surface area contributed by atoms with Crippen LogP contribution in [0, 0.1) is 0 Å². The first kappa shape index (κ1) is 13.8. The van der Waals surface area contributed by atoms with Gasteiger partial charge >= 0.3 is 0 Å². The fourth-order valence-corrected chi connectivity index (χ4v) is 3.19. The van der Waals surface area contributed by atoms with Crippen molar-refractivity contribution in [3.8, 4) is 0 Å². The highest BCUT2D eigenvalue weighted by Gasteiger charge is 2.28. The van der Waals surface area contributed by atoms with Gasteiger partial charge in [-0.3, -0.25) is 0 Å². The number of aliphatic hydroxyl groups excluding tert-OH is 1. The molecule has 2 rings (SSSR count). The van der Waals surface area contributed by atoms with Gasteiger partial charge in [-0.2, -0.15) is 0 Å². The Morgan fingerprint density at radius 2 is 2.17 bits per heavy atom. The lowest BCUT2D eigenvalue weighted by molar-refractivity contribution is 0.0449. The summed E-state index contributed by atoms with van der Waals surface area (Å²) in [6.45, 7) is 5.27. The van der Waals surface area contributed by atoms with Crippen LogP contribution in [0.15, 0.2) is 22.7 Å². The van der Waals surface area contributed by atoms with Crippen molar-refractivity contribution < 1.29 is 10.2 Å². The first-order chi connectivity index (χ1) is 8.39. The average Bonchev–Trinajstić information content (AvgIpc) is 2.27. The van der Waals surface area contributed by atoms with E-state index in [1.165, 1.54) is 0 Å². The summed E-state index contributed by atoms with van der Waals surface area (Å²) in [6.07, 6.45) is 1.39. The molecule has 1 aliphatic heterocycles. The van der Waals surface area contributed by atoms with Crippen LogP contribution in [0.25, 0.3) is 0 Å². The Bertz CT molecular complexity index is 432. The Morgan fingerprint density at radius 3 is 2.72 bits per heavy atom. The van der Waals surface area contributed by atoms with E-state index < -0.39 is 11.7 Å². The van der Waals surface area contributed by atoms with Crippen LogP contribution in [0.1, 0.15) is 38.4 Å². The summed E-state index contributed by atoms with van der Waals surface area (Å²) < 4.78 is 0.917. The fraction of sp³-hybridized carbons (Fsp3) is 0.571. The van der Waals surface area contributed by atoms with Crippen molar-refractivity contribution in [1.29, 1.82) is 0 Å². The topological polar surface area (TPSA) is 43.7 Å². The van der Waals surface area contributed by atoms with Crippen LogP contribution in [0.2, 0.25) is 0 Å². The highest BCUT2D eigenvalue weighted by molar-refractivity contribution is 9.10. The molecule has 2 atom stereocenters. The Hall–Kier alpha value is -0.580. The minimum absolute atomic E-state index is 0.474. The molecule has 0 saturated carbocycles. The number of rotatable bonds is 2. The van der Waals surface area contributed by atoms with Crippen LogP contribution in [-0.2, 0) is 0 Å². The Labute approximate surface area is 117 Å². The molecular formula is C14H20BrNO2. The normalized spacial score (nSPS) is 26.2. The number of anilines is 1. The van der Waals surface area contributed by atoms with E-state index in [4.69, 9.17) is 0 Å². The van der Waals surface area contributed by atoms with Crippen LogP contribution in [0.4, 0.5) is 5.69 Å². The summed E-state index contributed by atoms with van der Waals surface area (Å²) in [5.74, 6) is 0. The minimum Gasteiger partial charge on any atom is -0.389 e. The predicted octanol–water partition coefficient (Wildman–Crippen LogP) is 2.85. The van der Waals surface area contributed by atoms with Gasteiger partial charge in [-0.15, -0.1) is 0 Å². The number of halogens is 1. The van der Waals surface area contributed by atoms with Crippen molar-refractivity contribution in [3.05, 3.63) is 28.2 Å². The number of hydrogen-bond donors (Lipinski definition) is 2. The van der Waals surface area contributed by atoms with Gasteiger partial charge in [0.1, 0.15) is 0 Å². The highest BCUT2D eigenvalue weighted by Crippen LogP contribution is 2.31. The molecule has 0 bridgehead atoms. The van der Waals surface area contributed by atoms with Gasteiger partial charge in [0.15, 0.2) is 0 Å². The van der Waals surface area contributed by atoms with E-state index in [9.17, 15) is 10.2 Å². The second kappa shape index (κ2) is 5.19. The molecular weight excluding hydrogens is 294 g/mol. The lowest BCUT2D eigenvalue weighted by Crippen LogP contribution is -2.46. The highest BCUT2D eigenvalue weighted by atomic mass is 79.9. The van der Waals surface area contributed by atoms with E-state index in [1.54, 1.807) is 6.92 Å². The van der Waals surface area contributed by atoms with Gasteiger partial charge < -0.3 is 15.1 Å². The summed E-state index contributed by atoms with van der Waals surface area (Å²) in [6, 6.07) is 5.96. The van der Waals surface area contributed by atoms with E-state index in [2.05, 4.69) is 20.8 Å². The number of nitrogens with zero attached hydrogens (tertiary/aromatic N) is 1. The van der Waals surface area contributed by atoms with Crippen molar-refractivity contribution in [2.45, 2.75) is 38.4 Å². The van der Waals surface area contributed by atoms with Crippen molar-refractivity contribution >= 4 is 21.6 Å². The maximum absolute atomic E-state index is 10.1. The van der Waals surface area contributed by atoms with E-state index in [1.807, 2.05) is 25.1 Å². The van der Waals surface area contributed by atoms with Gasteiger partial charge in [0, 0.05) is 23.2 Å². The maximum Gasteiger partial charge on any atom is 0.0794 e. The van der Waals surface area contributed by atoms with Crippen LogP contribution >= 0.6 is 15.9 Å². The number of aliphatic hydroxyl groups is 2. The standard InChI is InChI=1S/C14H20BrNO2/c1-10(17)12-5-4-11(8-13(12)15)16-7-3-6-14(2,18)9-16/h4-5,8,10,17-18H,3,6-7,9H2,1-2H3/t10-,14?/m0/s1. The largest absolute Gasteiger partial charge is 0.389 e. The van der Waals surface area contributed by atoms with Crippen LogP contribution in [0.5, 0.6) is 0 Å². The first-order valence-electron chi connectivity index (χ1n) is 6.34. The predicted molar refractivity (Wildman–Crippen MR) is 76.8 cm³/mol. The Balaban J connectivity index is 2.21. The molecule has 4 heteroatoms. The van der Waals surface area contributed by atoms with Crippen molar-refractivity contribution in [3.63, 3.8) is 0 Å². The van der Waals surface area contributed by atoms with E-state index >= 15 is 0 Å². The fourth-order valence-electron chi connectivity index (χ4n) is 2.49. The number of β-amino-alcohol motifs (C(OH)–C–C–N with tert-alkyl or cyclic N) is 1. The lowest BCUT2D eigenvalue weighted by Gasteiger charge is -2.38. The van der Waals surface area contributed by atoms with Crippen molar-refractivity contribution in [1.82, 2.24) is 0 Å². The zero-order chi connectivity index (χ0) is 13.3. The molecule has 18 heavy (non-hydrogen) atoms. The first-order valence-corrected chi connectivity index (χ1v) is 7.13. The molecule has 0 aromatic heterocycles. The molecule has 1 aliphatic rings. The number of benzene rings is 1. The lowest BCUT2D eigenvalue weighted by atomic mass is 9.94. The van der Waals surface area contributed by atoms with Gasteiger partial charge in [0.25, 0.3) is 0 Å². The number of piperidine rings is 1. The minimum atomic E-state index is -0.604. The molecule has 0 aliphatic carbocycles. The smallest absolute Gasteiger partial charge is 0.0794 e. The number of hydrogen-bond acceptors (Lipinski definition) is 3. The molecule has 2 N–H and O–H groups in total. The summed E-state index contributed by atoms with van der Waals surface area (Å²) >= 11 is 3.49. The van der Waals surface area contributed by atoms with Gasteiger partial charge in [0.2, 0.25) is 0 Å². The third-order valence-corrected chi connectivity index (χ3v) is 4.16. The molecule has 3 nitrogen and oxygen atoms in total. The zero-order valence-corrected chi connectivity index (χ0v) is 12.4. The van der Waals surface area contributed by atoms with E-state index in [0.717, 1.165) is 35.1 Å². The van der Waals surface area contributed by atoms with Crippen LogP contribution in [0.3, 0.4) is 0 Å². The summed E-state index contributed by atoms with van der Waals surface area (Å²) in [5.41, 5.74) is 1.38. The van der Waals surface area contributed by atoms with Gasteiger partial charge in [-0.25, -0.2) is 0 Å². The molecule has 0 radical (unpaired) electrons. The van der Waals surface area contributed by atoms with Gasteiger partial charge in [-0.05, 0) is 44.4 Å². The third kappa shape index (κ3) is 3.05. The quantitative estimate of drug-likeness (QED) is 0.882. The van der Waals surface area contributed by atoms with E-state index in [-0.39, 0.29) is 0 Å². The molecule has 100 valence electrons. The van der Waals surface area contributed by atoms with Crippen molar-refractivity contribution in [2.24, 2.45) is 0 Å².